The molecule has 0 saturated heterocycles. The Labute approximate surface area is 180 Å². The number of anilines is 3. The number of nitrogens with two attached hydrogens (primary N) is 1. The van der Waals surface area contributed by atoms with Crippen molar-refractivity contribution in [3.63, 3.8) is 0 Å². The molecule has 0 fully saturated rings. The summed E-state index contributed by atoms with van der Waals surface area (Å²) in [6, 6.07) is 13.1. The summed E-state index contributed by atoms with van der Waals surface area (Å²) in [5.41, 5.74) is 7.81. The molecule has 156 valence electrons. The van der Waals surface area contributed by atoms with Crippen LogP contribution in [0.4, 0.5) is 22.0 Å². The first-order valence-electron chi connectivity index (χ1n) is 9.08. The molecular formula is C20H16FN7O2S. The molecule has 31 heavy (non-hydrogen) atoms. The van der Waals surface area contributed by atoms with Gasteiger partial charge in [-0.05, 0) is 36.4 Å². The van der Waals surface area contributed by atoms with Crippen molar-refractivity contribution < 1.29 is 13.9 Å². The average Bonchev–Trinajstić information content (AvgIpc) is 2.77. The lowest BCUT2D eigenvalue weighted by molar-refractivity contribution is -0.141. The van der Waals surface area contributed by atoms with Gasteiger partial charge in [-0.3, -0.25) is 9.78 Å². The highest BCUT2D eigenvalue weighted by Gasteiger charge is 2.10. The molecule has 2 heterocycles. The molecule has 2 aromatic carbocycles. The molecule has 0 amide bonds. The fourth-order valence-corrected chi connectivity index (χ4v) is 3.19. The van der Waals surface area contributed by atoms with Gasteiger partial charge in [0.2, 0.25) is 11.9 Å². The van der Waals surface area contributed by atoms with Crippen LogP contribution in [-0.4, -0.2) is 36.6 Å². The number of rotatable bonds is 7. The van der Waals surface area contributed by atoms with Gasteiger partial charge in [0.1, 0.15) is 10.8 Å². The second-order valence-corrected chi connectivity index (χ2v) is 7.21. The Hall–Kier alpha value is -3.86. The summed E-state index contributed by atoms with van der Waals surface area (Å²) in [6.45, 7) is -0.173. The topological polar surface area (TPSA) is 129 Å². The van der Waals surface area contributed by atoms with Gasteiger partial charge >= 0.3 is 5.97 Å². The quantitative estimate of drug-likeness (QED) is 0.329. The molecule has 0 spiro atoms. The Morgan fingerprint density at radius 1 is 1.03 bits per heavy atom. The zero-order valence-electron chi connectivity index (χ0n) is 16.0. The van der Waals surface area contributed by atoms with E-state index in [0.717, 1.165) is 11.0 Å². The van der Waals surface area contributed by atoms with Crippen LogP contribution in [0.1, 0.15) is 5.82 Å². The monoisotopic (exact) mass is 437 g/mol. The number of esters is 1. The van der Waals surface area contributed by atoms with E-state index >= 15 is 0 Å². The largest absolute Gasteiger partial charge is 0.457 e. The van der Waals surface area contributed by atoms with E-state index in [1.165, 1.54) is 36.0 Å². The highest BCUT2D eigenvalue weighted by Crippen LogP contribution is 2.18. The molecule has 0 saturated carbocycles. The van der Waals surface area contributed by atoms with Crippen molar-refractivity contribution in [2.45, 2.75) is 11.6 Å². The fourth-order valence-electron chi connectivity index (χ4n) is 2.55. The van der Waals surface area contributed by atoms with E-state index in [2.05, 4.69) is 30.2 Å². The summed E-state index contributed by atoms with van der Waals surface area (Å²) < 4.78 is 18.2. The van der Waals surface area contributed by atoms with Crippen LogP contribution in [0.3, 0.4) is 0 Å². The minimum absolute atomic E-state index is 0.0357. The summed E-state index contributed by atoms with van der Waals surface area (Å²) in [6.07, 6.45) is 1.61. The molecule has 0 radical (unpaired) electrons. The van der Waals surface area contributed by atoms with Crippen molar-refractivity contribution in [1.82, 2.24) is 24.9 Å². The Morgan fingerprint density at radius 2 is 1.81 bits per heavy atom. The van der Waals surface area contributed by atoms with Crippen LogP contribution in [0, 0.1) is 5.82 Å². The van der Waals surface area contributed by atoms with Crippen molar-refractivity contribution >= 4 is 46.3 Å². The van der Waals surface area contributed by atoms with Crippen LogP contribution in [0.2, 0.25) is 0 Å². The summed E-state index contributed by atoms with van der Waals surface area (Å²) in [5.74, 6) is -0.472. The van der Waals surface area contributed by atoms with Gasteiger partial charge in [0.05, 0.1) is 23.0 Å². The van der Waals surface area contributed by atoms with Gasteiger partial charge in [-0.2, -0.15) is 15.0 Å². The number of fused-ring (bicyclic) bond motifs is 1. The maximum atomic E-state index is 13.0. The highest BCUT2D eigenvalue weighted by molar-refractivity contribution is 7.99. The predicted molar refractivity (Wildman–Crippen MR) is 114 cm³/mol. The number of carbonyl (C=O) groups excluding carboxylic acids is 1. The number of nitrogen functional groups attached to an aromatic ring is 1. The zero-order valence-corrected chi connectivity index (χ0v) is 16.8. The number of hydrogen-bond acceptors (Lipinski definition) is 10. The van der Waals surface area contributed by atoms with Gasteiger partial charge in [0.15, 0.2) is 12.4 Å². The summed E-state index contributed by atoms with van der Waals surface area (Å²) in [7, 11) is 0. The van der Waals surface area contributed by atoms with Gasteiger partial charge in [0.25, 0.3) is 0 Å². The number of aromatic nitrogens is 5. The molecule has 3 N–H and O–H groups in total. The van der Waals surface area contributed by atoms with Crippen molar-refractivity contribution in [1.29, 1.82) is 0 Å². The SMILES string of the molecule is Nc1nc(COC(=O)CSc2cnc3ccccc3n2)nc(Nc2ccc(F)cc2)n1. The van der Waals surface area contributed by atoms with Crippen LogP contribution in [0.5, 0.6) is 0 Å². The first kappa shape index (κ1) is 20.4. The van der Waals surface area contributed by atoms with Crippen LogP contribution >= 0.6 is 11.8 Å². The summed E-state index contributed by atoms with van der Waals surface area (Å²) >= 11 is 1.22. The molecule has 9 nitrogen and oxygen atoms in total. The maximum absolute atomic E-state index is 13.0. The molecule has 4 aromatic rings. The first-order valence-corrected chi connectivity index (χ1v) is 10.1. The summed E-state index contributed by atoms with van der Waals surface area (Å²) in [4.78, 5) is 32.9. The summed E-state index contributed by atoms with van der Waals surface area (Å²) in [5, 5.41) is 3.51. The number of carbonyl (C=O) groups is 1. The Kier molecular flexibility index (Phi) is 6.13. The normalized spacial score (nSPS) is 10.7. The minimum atomic E-state index is -0.466. The second kappa shape index (κ2) is 9.30. The van der Waals surface area contributed by atoms with E-state index in [1.54, 1.807) is 6.20 Å². The number of hydrogen-bond donors (Lipinski definition) is 2. The van der Waals surface area contributed by atoms with Gasteiger partial charge in [-0.15, -0.1) is 0 Å². The zero-order chi connectivity index (χ0) is 21.6. The molecule has 11 heteroatoms. The Morgan fingerprint density at radius 3 is 2.61 bits per heavy atom. The first-order chi connectivity index (χ1) is 15.0. The van der Waals surface area contributed by atoms with Gasteiger partial charge < -0.3 is 15.8 Å². The van der Waals surface area contributed by atoms with Crippen LogP contribution in [0.25, 0.3) is 11.0 Å². The third-order valence-electron chi connectivity index (χ3n) is 3.93. The van der Waals surface area contributed by atoms with E-state index in [1.807, 2.05) is 24.3 Å². The minimum Gasteiger partial charge on any atom is -0.457 e. The molecular weight excluding hydrogens is 421 g/mol. The van der Waals surface area contributed by atoms with Crippen molar-refractivity contribution in [3.8, 4) is 0 Å². The number of thioether (sulfide) groups is 1. The van der Waals surface area contributed by atoms with E-state index in [-0.39, 0.29) is 35.9 Å². The number of halogens is 1. The van der Waals surface area contributed by atoms with Gasteiger partial charge in [-0.1, -0.05) is 23.9 Å². The number of nitrogens with zero attached hydrogens (tertiary/aromatic N) is 5. The maximum Gasteiger partial charge on any atom is 0.316 e. The Balaban J connectivity index is 1.33. The fraction of sp³-hybridized carbons (Fsp3) is 0.100. The predicted octanol–water partition coefficient (Wildman–Crippen LogP) is 3.12. The molecule has 0 atom stereocenters. The van der Waals surface area contributed by atoms with E-state index in [4.69, 9.17) is 10.5 Å². The molecule has 0 aliphatic rings. The molecule has 2 aromatic heterocycles. The van der Waals surface area contributed by atoms with E-state index in [9.17, 15) is 9.18 Å². The van der Waals surface area contributed by atoms with Crippen LogP contribution in [-0.2, 0) is 16.1 Å². The molecule has 4 rings (SSSR count). The lowest BCUT2D eigenvalue weighted by Gasteiger charge is -2.08. The van der Waals surface area contributed by atoms with Crippen LogP contribution in [0.15, 0.2) is 59.8 Å². The average molecular weight is 437 g/mol. The number of benzene rings is 2. The second-order valence-electron chi connectivity index (χ2n) is 6.21. The lowest BCUT2D eigenvalue weighted by Crippen LogP contribution is -2.12. The molecule has 0 unspecified atom stereocenters. The molecule has 0 aliphatic carbocycles. The van der Waals surface area contributed by atoms with Crippen LogP contribution < -0.4 is 11.1 Å². The van der Waals surface area contributed by atoms with Crippen molar-refractivity contribution in [3.05, 3.63) is 66.4 Å². The van der Waals surface area contributed by atoms with E-state index in [0.29, 0.717) is 10.7 Å². The standard InChI is InChI=1S/C20H16FN7O2S/c21-12-5-7-13(8-6-12)24-20-27-16(26-19(22)28-20)10-30-18(29)11-31-17-9-23-14-3-1-2-4-15(14)25-17/h1-9H,10-11H2,(H3,22,24,26,27,28). The van der Waals surface area contributed by atoms with Gasteiger partial charge in [-0.25, -0.2) is 9.37 Å². The lowest BCUT2D eigenvalue weighted by atomic mass is 10.3. The molecule has 0 aliphatic heterocycles. The number of para-hydroxylation sites is 2. The number of nitrogens with one attached hydrogen (secondary N) is 1. The Bertz CT molecular complexity index is 1220. The smallest absolute Gasteiger partial charge is 0.316 e. The van der Waals surface area contributed by atoms with Crippen molar-refractivity contribution in [2.24, 2.45) is 0 Å². The third kappa shape index (κ3) is 5.60. The van der Waals surface area contributed by atoms with E-state index < -0.39 is 5.97 Å². The van der Waals surface area contributed by atoms with Crippen molar-refractivity contribution in [2.75, 3.05) is 16.8 Å². The van der Waals surface area contributed by atoms with Gasteiger partial charge in [0, 0.05) is 5.69 Å². The number of ether oxygens (including phenoxy) is 1. The highest BCUT2D eigenvalue weighted by atomic mass is 32.2. The third-order valence-corrected chi connectivity index (χ3v) is 4.80. The molecule has 0 bridgehead atoms.